The number of carbonyl (C=O) groups is 1. The molecular weight excluding hydrogens is 306 g/mol. The van der Waals surface area contributed by atoms with Crippen LogP contribution in [0.5, 0.6) is 0 Å². The van der Waals surface area contributed by atoms with E-state index < -0.39 is 11.4 Å². The summed E-state index contributed by atoms with van der Waals surface area (Å²) in [5.41, 5.74) is 1.03. The Labute approximate surface area is 142 Å². The Morgan fingerprint density at radius 1 is 1.38 bits per heavy atom. The predicted octanol–water partition coefficient (Wildman–Crippen LogP) is 2.47. The largest absolute Gasteiger partial charge is 0.481 e. The van der Waals surface area contributed by atoms with Gasteiger partial charge in [0.2, 0.25) is 0 Å². The highest BCUT2D eigenvalue weighted by molar-refractivity contribution is 5.75. The molecule has 130 valence electrons. The number of hydrogen-bond acceptors (Lipinski definition) is 4. The fraction of sp³-hybridized carbons (Fsp3) is 0.444. The van der Waals surface area contributed by atoms with E-state index in [1.54, 1.807) is 27.2 Å². The van der Waals surface area contributed by atoms with Gasteiger partial charge in [0, 0.05) is 31.5 Å². The van der Waals surface area contributed by atoms with E-state index in [4.69, 9.17) is 4.74 Å². The van der Waals surface area contributed by atoms with Gasteiger partial charge < -0.3 is 15.2 Å². The zero-order chi connectivity index (χ0) is 17.6. The van der Waals surface area contributed by atoms with Crippen molar-refractivity contribution in [2.24, 2.45) is 5.41 Å². The Morgan fingerprint density at radius 3 is 2.71 bits per heavy atom. The van der Waals surface area contributed by atoms with Crippen LogP contribution >= 0.6 is 0 Å². The molecule has 6 nitrogen and oxygen atoms in total. The molecule has 0 fully saturated rings. The van der Waals surface area contributed by atoms with Gasteiger partial charge in [0.1, 0.15) is 0 Å². The number of rotatable bonds is 9. The number of ether oxygens (including phenoxy) is 1. The molecule has 0 saturated heterocycles. The monoisotopic (exact) mass is 331 g/mol. The topological polar surface area (TPSA) is 76.4 Å². The van der Waals surface area contributed by atoms with Gasteiger partial charge in [-0.2, -0.15) is 5.10 Å². The van der Waals surface area contributed by atoms with E-state index in [9.17, 15) is 9.90 Å². The van der Waals surface area contributed by atoms with Gasteiger partial charge in [-0.15, -0.1) is 0 Å². The molecular formula is C18H25N3O3. The lowest BCUT2D eigenvalue weighted by Crippen LogP contribution is -2.39. The molecule has 0 aliphatic carbocycles. The Bertz CT molecular complexity index is 653. The van der Waals surface area contributed by atoms with E-state index in [0.29, 0.717) is 19.7 Å². The maximum Gasteiger partial charge on any atom is 0.311 e. The molecule has 2 rings (SSSR count). The summed E-state index contributed by atoms with van der Waals surface area (Å²) in [7, 11) is 1.66. The van der Waals surface area contributed by atoms with Gasteiger partial charge in [-0.05, 0) is 19.4 Å². The summed E-state index contributed by atoms with van der Waals surface area (Å²) in [5, 5.41) is 17.3. The number of benzene rings is 1. The zero-order valence-electron chi connectivity index (χ0n) is 14.4. The van der Waals surface area contributed by atoms with Crippen molar-refractivity contribution in [3.63, 3.8) is 0 Å². The first-order valence-corrected chi connectivity index (χ1v) is 7.97. The minimum atomic E-state index is -0.937. The summed E-state index contributed by atoms with van der Waals surface area (Å²) in [4.78, 5) is 11.7. The maximum absolute atomic E-state index is 11.7. The number of carboxylic acids is 1. The van der Waals surface area contributed by atoms with E-state index in [2.05, 4.69) is 10.4 Å². The molecule has 2 N–H and O–H groups in total. The predicted molar refractivity (Wildman–Crippen MR) is 91.5 cm³/mol. The van der Waals surface area contributed by atoms with Crippen molar-refractivity contribution in [2.45, 2.75) is 33.0 Å². The number of methoxy groups -OCH3 is 1. The second kappa shape index (κ2) is 8.08. The minimum Gasteiger partial charge on any atom is -0.481 e. The molecule has 0 aliphatic heterocycles. The normalized spacial score (nSPS) is 13.0. The molecule has 6 heteroatoms. The fourth-order valence-corrected chi connectivity index (χ4v) is 2.58. The third-order valence-electron chi connectivity index (χ3n) is 4.13. The third kappa shape index (κ3) is 4.43. The lowest BCUT2D eigenvalue weighted by Gasteiger charge is -2.31. The van der Waals surface area contributed by atoms with Gasteiger partial charge in [-0.25, -0.2) is 0 Å². The van der Waals surface area contributed by atoms with Gasteiger partial charge in [0.25, 0.3) is 0 Å². The van der Waals surface area contributed by atoms with Crippen LogP contribution in [-0.2, 0) is 22.6 Å². The Kier molecular flexibility index (Phi) is 6.11. The molecule has 0 radical (unpaired) electrons. The lowest BCUT2D eigenvalue weighted by molar-refractivity contribution is -0.148. The van der Waals surface area contributed by atoms with E-state index in [1.165, 1.54) is 0 Å². The second-order valence-electron chi connectivity index (χ2n) is 6.36. The quantitative estimate of drug-likeness (QED) is 0.738. The van der Waals surface area contributed by atoms with Crippen LogP contribution in [0, 0.1) is 5.41 Å². The highest BCUT2D eigenvalue weighted by Crippen LogP contribution is 2.33. The van der Waals surface area contributed by atoms with Crippen LogP contribution in [0.1, 0.15) is 31.0 Å². The van der Waals surface area contributed by atoms with Gasteiger partial charge in [-0.3, -0.25) is 9.48 Å². The van der Waals surface area contributed by atoms with Crippen LogP contribution in [0.4, 0.5) is 0 Å². The molecule has 1 aromatic carbocycles. The number of aliphatic carboxylic acids is 1. The molecule has 0 amide bonds. The highest BCUT2D eigenvalue weighted by atomic mass is 16.5. The molecule has 1 heterocycles. The van der Waals surface area contributed by atoms with Crippen molar-refractivity contribution in [2.75, 3.05) is 13.7 Å². The van der Waals surface area contributed by atoms with Crippen LogP contribution < -0.4 is 5.32 Å². The van der Waals surface area contributed by atoms with Crippen LogP contribution in [0.15, 0.2) is 42.7 Å². The molecule has 0 spiro atoms. The SMILES string of the molecule is COCCn1cc(CNC(c2ccccc2)C(C)(C)C(=O)O)cn1. The van der Waals surface area contributed by atoms with Crippen molar-refractivity contribution in [1.29, 1.82) is 0 Å². The van der Waals surface area contributed by atoms with E-state index in [-0.39, 0.29) is 6.04 Å². The van der Waals surface area contributed by atoms with Crippen LogP contribution in [-0.4, -0.2) is 34.6 Å². The first kappa shape index (κ1) is 18.2. The van der Waals surface area contributed by atoms with Crippen molar-refractivity contribution in [3.05, 3.63) is 53.9 Å². The lowest BCUT2D eigenvalue weighted by atomic mass is 9.80. The Morgan fingerprint density at radius 2 is 2.08 bits per heavy atom. The summed E-state index contributed by atoms with van der Waals surface area (Å²) in [5.74, 6) is -0.834. The smallest absolute Gasteiger partial charge is 0.311 e. The maximum atomic E-state index is 11.7. The number of nitrogens with one attached hydrogen (secondary N) is 1. The summed E-state index contributed by atoms with van der Waals surface area (Å²) >= 11 is 0. The average molecular weight is 331 g/mol. The fourth-order valence-electron chi connectivity index (χ4n) is 2.58. The minimum absolute atomic E-state index is 0.307. The van der Waals surface area contributed by atoms with Crippen molar-refractivity contribution in [3.8, 4) is 0 Å². The molecule has 1 atom stereocenters. The Balaban J connectivity index is 2.11. The van der Waals surface area contributed by atoms with Gasteiger partial charge in [0.05, 0.1) is 24.8 Å². The van der Waals surface area contributed by atoms with Gasteiger partial charge in [0.15, 0.2) is 0 Å². The number of carboxylic acid groups (broad SMARTS) is 1. The molecule has 0 saturated carbocycles. The molecule has 1 unspecified atom stereocenters. The second-order valence-corrected chi connectivity index (χ2v) is 6.36. The van der Waals surface area contributed by atoms with Crippen LogP contribution in [0.25, 0.3) is 0 Å². The van der Waals surface area contributed by atoms with Crippen molar-refractivity contribution >= 4 is 5.97 Å². The molecule has 2 aromatic rings. The van der Waals surface area contributed by atoms with Gasteiger partial charge >= 0.3 is 5.97 Å². The van der Waals surface area contributed by atoms with Crippen molar-refractivity contribution < 1.29 is 14.6 Å². The van der Waals surface area contributed by atoms with E-state index in [0.717, 1.165) is 11.1 Å². The molecule has 0 bridgehead atoms. The van der Waals surface area contributed by atoms with Gasteiger partial charge in [-0.1, -0.05) is 30.3 Å². The molecule has 0 aliphatic rings. The summed E-state index contributed by atoms with van der Waals surface area (Å²) < 4.78 is 6.86. The third-order valence-corrected chi connectivity index (χ3v) is 4.13. The summed E-state index contributed by atoms with van der Waals surface area (Å²) in [6.45, 7) is 5.32. The first-order valence-electron chi connectivity index (χ1n) is 7.97. The van der Waals surface area contributed by atoms with Crippen LogP contribution in [0.2, 0.25) is 0 Å². The van der Waals surface area contributed by atoms with Crippen molar-refractivity contribution in [1.82, 2.24) is 15.1 Å². The summed E-state index contributed by atoms with van der Waals surface area (Å²) in [6.07, 6.45) is 3.74. The number of hydrogen-bond donors (Lipinski definition) is 2. The zero-order valence-corrected chi connectivity index (χ0v) is 14.4. The number of aromatic nitrogens is 2. The van der Waals surface area contributed by atoms with Crippen LogP contribution in [0.3, 0.4) is 0 Å². The van der Waals surface area contributed by atoms with E-state index >= 15 is 0 Å². The first-order chi connectivity index (χ1) is 11.4. The highest BCUT2D eigenvalue weighted by Gasteiger charge is 2.37. The molecule has 24 heavy (non-hydrogen) atoms. The van der Waals surface area contributed by atoms with E-state index in [1.807, 2.05) is 41.2 Å². The summed E-state index contributed by atoms with van der Waals surface area (Å²) in [6, 6.07) is 9.36. The average Bonchev–Trinajstić information content (AvgIpc) is 3.01. The number of nitrogens with zero attached hydrogens (tertiary/aromatic N) is 2. The standard InChI is InChI=1S/C18H25N3O3/c1-18(2,17(22)23)16(15-7-5-4-6-8-15)19-11-14-12-20-21(13-14)9-10-24-3/h4-8,12-13,16,19H,9-11H2,1-3H3,(H,22,23). The Hall–Kier alpha value is -2.18. The molecule has 1 aromatic heterocycles.